The molecule has 0 radical (unpaired) electrons. The molecular formula is C12H15FN2O4. The zero-order chi connectivity index (χ0) is 14.0. The van der Waals surface area contributed by atoms with E-state index in [9.17, 15) is 14.0 Å². The van der Waals surface area contributed by atoms with E-state index in [-0.39, 0.29) is 12.0 Å². The van der Waals surface area contributed by atoms with Crippen LogP contribution in [0.3, 0.4) is 0 Å². The first-order chi connectivity index (χ1) is 9.06. The van der Waals surface area contributed by atoms with E-state index in [0.29, 0.717) is 13.0 Å². The molecule has 0 aromatic carbocycles. The zero-order valence-corrected chi connectivity index (χ0v) is 10.5. The molecular weight excluding hydrogens is 255 g/mol. The highest BCUT2D eigenvalue weighted by molar-refractivity contribution is 4.95. The van der Waals surface area contributed by atoms with Gasteiger partial charge in [0.05, 0.1) is 18.9 Å². The molecule has 1 saturated heterocycles. The molecule has 0 aliphatic carbocycles. The van der Waals surface area contributed by atoms with Crippen molar-refractivity contribution in [2.24, 2.45) is 5.92 Å². The number of ether oxygens (including phenoxy) is 2. The molecule has 0 spiro atoms. The van der Waals surface area contributed by atoms with Gasteiger partial charge in [-0.2, -0.15) is 4.39 Å². The van der Waals surface area contributed by atoms with Gasteiger partial charge in [0.15, 0.2) is 0 Å². The second-order valence-corrected chi connectivity index (χ2v) is 4.36. The van der Waals surface area contributed by atoms with Crippen molar-refractivity contribution in [3.05, 3.63) is 45.5 Å². The van der Waals surface area contributed by atoms with Crippen molar-refractivity contribution < 1.29 is 13.9 Å². The van der Waals surface area contributed by atoms with Gasteiger partial charge in [0.2, 0.25) is 5.82 Å². The second-order valence-electron chi connectivity index (χ2n) is 4.36. The lowest BCUT2D eigenvalue weighted by Gasteiger charge is -2.15. The van der Waals surface area contributed by atoms with Gasteiger partial charge in [-0.15, -0.1) is 6.58 Å². The fourth-order valence-electron chi connectivity index (χ4n) is 2.17. The van der Waals surface area contributed by atoms with Crippen molar-refractivity contribution in [3.8, 4) is 0 Å². The Kier molecular flexibility index (Phi) is 3.96. The Bertz CT molecular complexity index is 580. The average Bonchev–Trinajstić information content (AvgIpc) is 2.77. The summed E-state index contributed by atoms with van der Waals surface area (Å²) in [6, 6.07) is 0. The molecule has 1 aliphatic rings. The van der Waals surface area contributed by atoms with Crippen LogP contribution in [0.15, 0.2) is 28.4 Å². The smallest absolute Gasteiger partial charge is 0.330 e. The SMILES string of the molecule is C=C[C@H]1C[C@H](n2cc(F)c(=O)[nH]c2=O)O[C@@H]1COC. The highest BCUT2D eigenvalue weighted by Gasteiger charge is 2.35. The Morgan fingerprint density at radius 2 is 2.42 bits per heavy atom. The van der Waals surface area contributed by atoms with E-state index in [1.165, 1.54) is 0 Å². The van der Waals surface area contributed by atoms with Crippen molar-refractivity contribution in [1.29, 1.82) is 0 Å². The first-order valence-corrected chi connectivity index (χ1v) is 5.84. The van der Waals surface area contributed by atoms with Crippen molar-refractivity contribution in [3.63, 3.8) is 0 Å². The molecule has 1 N–H and O–H groups in total. The van der Waals surface area contributed by atoms with Crippen LogP contribution in [0, 0.1) is 11.7 Å². The van der Waals surface area contributed by atoms with E-state index >= 15 is 0 Å². The molecule has 1 aliphatic heterocycles. The maximum absolute atomic E-state index is 13.2. The van der Waals surface area contributed by atoms with Crippen LogP contribution in [-0.2, 0) is 9.47 Å². The highest BCUT2D eigenvalue weighted by atomic mass is 19.1. The van der Waals surface area contributed by atoms with Crippen LogP contribution >= 0.6 is 0 Å². The molecule has 19 heavy (non-hydrogen) atoms. The fraction of sp³-hybridized carbons (Fsp3) is 0.500. The summed E-state index contributed by atoms with van der Waals surface area (Å²) >= 11 is 0. The molecule has 2 rings (SSSR count). The summed E-state index contributed by atoms with van der Waals surface area (Å²) in [5.74, 6) is -1.01. The zero-order valence-electron chi connectivity index (χ0n) is 10.5. The molecule has 1 aromatic rings. The van der Waals surface area contributed by atoms with E-state index in [4.69, 9.17) is 9.47 Å². The topological polar surface area (TPSA) is 73.3 Å². The van der Waals surface area contributed by atoms with Gasteiger partial charge in [-0.1, -0.05) is 6.08 Å². The molecule has 0 unspecified atom stereocenters. The molecule has 7 heteroatoms. The van der Waals surface area contributed by atoms with Gasteiger partial charge >= 0.3 is 5.69 Å². The number of aromatic nitrogens is 2. The third-order valence-corrected chi connectivity index (χ3v) is 3.15. The van der Waals surface area contributed by atoms with Gasteiger partial charge in [-0.05, 0) is 0 Å². The van der Waals surface area contributed by atoms with Crippen LogP contribution in [0.5, 0.6) is 0 Å². The minimum absolute atomic E-state index is 0.00633. The van der Waals surface area contributed by atoms with E-state index in [0.717, 1.165) is 10.8 Å². The van der Waals surface area contributed by atoms with Crippen LogP contribution in [0.1, 0.15) is 12.6 Å². The summed E-state index contributed by atoms with van der Waals surface area (Å²) in [5.41, 5.74) is -1.73. The Labute approximate surface area is 108 Å². The summed E-state index contributed by atoms with van der Waals surface area (Å²) in [6.45, 7) is 4.06. The monoisotopic (exact) mass is 270 g/mol. The van der Waals surface area contributed by atoms with Gasteiger partial charge < -0.3 is 9.47 Å². The summed E-state index contributed by atoms with van der Waals surface area (Å²) in [6.07, 6.45) is 2.18. The van der Waals surface area contributed by atoms with Crippen molar-refractivity contribution in [2.75, 3.05) is 13.7 Å². The maximum Gasteiger partial charge on any atom is 0.330 e. The quantitative estimate of drug-likeness (QED) is 0.804. The normalized spacial score (nSPS) is 26.5. The summed E-state index contributed by atoms with van der Waals surface area (Å²) < 4.78 is 24.9. The van der Waals surface area contributed by atoms with Gasteiger partial charge in [0.1, 0.15) is 6.23 Å². The van der Waals surface area contributed by atoms with Gasteiger partial charge in [0.25, 0.3) is 5.56 Å². The molecule has 2 heterocycles. The molecule has 0 amide bonds. The number of rotatable bonds is 4. The van der Waals surface area contributed by atoms with Gasteiger partial charge in [-0.3, -0.25) is 14.3 Å². The van der Waals surface area contributed by atoms with Crippen LogP contribution in [0.4, 0.5) is 4.39 Å². The number of aromatic amines is 1. The minimum atomic E-state index is -1.03. The minimum Gasteiger partial charge on any atom is -0.382 e. The molecule has 3 atom stereocenters. The van der Waals surface area contributed by atoms with Crippen molar-refractivity contribution in [1.82, 2.24) is 9.55 Å². The van der Waals surface area contributed by atoms with E-state index < -0.39 is 23.3 Å². The van der Waals surface area contributed by atoms with Crippen LogP contribution < -0.4 is 11.2 Å². The fourth-order valence-corrected chi connectivity index (χ4v) is 2.17. The lowest BCUT2D eigenvalue weighted by atomic mass is 10.0. The molecule has 1 aromatic heterocycles. The molecule has 1 fully saturated rings. The molecule has 0 bridgehead atoms. The first-order valence-electron chi connectivity index (χ1n) is 5.84. The maximum atomic E-state index is 13.2. The predicted octanol–water partition coefficient (Wildman–Crippen LogP) is 0.412. The van der Waals surface area contributed by atoms with Crippen LogP contribution in [-0.4, -0.2) is 29.4 Å². The Hall–Kier alpha value is -1.73. The van der Waals surface area contributed by atoms with Gasteiger partial charge in [0, 0.05) is 19.4 Å². The van der Waals surface area contributed by atoms with Crippen LogP contribution in [0.25, 0.3) is 0 Å². The first kappa shape index (κ1) is 13.7. The summed E-state index contributed by atoms with van der Waals surface area (Å²) in [5, 5.41) is 0. The van der Waals surface area contributed by atoms with Crippen LogP contribution in [0.2, 0.25) is 0 Å². The average molecular weight is 270 g/mol. The number of hydrogen-bond acceptors (Lipinski definition) is 4. The molecule has 104 valence electrons. The standard InChI is InChI=1S/C12H15FN2O4/c1-3-7-4-10(19-9(7)6-18-2)15-5-8(13)11(16)14-12(15)17/h3,5,7,9-10H,1,4,6H2,2H3,(H,14,16,17)/t7-,9+,10+/m0/s1. The summed E-state index contributed by atoms with van der Waals surface area (Å²) in [7, 11) is 1.54. The molecule has 6 nitrogen and oxygen atoms in total. The number of hydrogen-bond donors (Lipinski definition) is 1. The predicted molar refractivity (Wildman–Crippen MR) is 65.4 cm³/mol. The Morgan fingerprint density at radius 1 is 1.68 bits per heavy atom. The largest absolute Gasteiger partial charge is 0.382 e. The highest BCUT2D eigenvalue weighted by Crippen LogP contribution is 2.33. The Morgan fingerprint density at radius 3 is 3.05 bits per heavy atom. The second kappa shape index (κ2) is 5.50. The lowest BCUT2D eigenvalue weighted by Crippen LogP contribution is -2.34. The number of H-pyrrole nitrogens is 1. The van der Waals surface area contributed by atoms with Gasteiger partial charge in [-0.25, -0.2) is 4.79 Å². The van der Waals surface area contributed by atoms with Crippen molar-refractivity contribution in [2.45, 2.75) is 18.8 Å². The number of methoxy groups -OCH3 is 1. The number of halogens is 1. The number of nitrogens with zero attached hydrogens (tertiary/aromatic N) is 1. The molecule has 0 saturated carbocycles. The van der Waals surface area contributed by atoms with E-state index in [1.54, 1.807) is 13.2 Å². The van der Waals surface area contributed by atoms with E-state index in [1.807, 2.05) is 4.98 Å². The Balaban J connectivity index is 2.29. The lowest BCUT2D eigenvalue weighted by molar-refractivity contribution is -0.0389. The van der Waals surface area contributed by atoms with E-state index in [2.05, 4.69) is 6.58 Å². The summed E-state index contributed by atoms with van der Waals surface area (Å²) in [4.78, 5) is 24.5. The third-order valence-electron chi connectivity index (χ3n) is 3.15. The number of nitrogens with one attached hydrogen (secondary N) is 1. The van der Waals surface area contributed by atoms with Crippen molar-refractivity contribution >= 4 is 0 Å². The third kappa shape index (κ3) is 2.66.